The first-order chi connectivity index (χ1) is 12.0. The van der Waals surface area contributed by atoms with Gasteiger partial charge in [-0.15, -0.1) is 11.6 Å². The van der Waals surface area contributed by atoms with Crippen molar-refractivity contribution in [3.05, 3.63) is 12.7 Å². The highest BCUT2D eigenvalue weighted by atomic mass is 35.5. The van der Waals surface area contributed by atoms with E-state index in [4.69, 9.17) is 11.6 Å². The maximum Gasteiger partial charge on any atom is 0.246 e. The van der Waals surface area contributed by atoms with Gasteiger partial charge in [-0.2, -0.15) is 0 Å². The fraction of sp³-hybridized carbons (Fsp3) is 0.750. The summed E-state index contributed by atoms with van der Waals surface area (Å²) in [5.74, 6) is 0.410. The van der Waals surface area contributed by atoms with Crippen molar-refractivity contribution in [3.63, 3.8) is 0 Å². The molecule has 0 aromatic heterocycles. The van der Waals surface area contributed by atoms with E-state index in [1.165, 1.54) is 18.2 Å². The molecule has 1 saturated carbocycles. The van der Waals surface area contributed by atoms with Gasteiger partial charge < -0.3 is 15.1 Å². The van der Waals surface area contributed by atoms with Crippen molar-refractivity contribution in [2.75, 3.05) is 32.7 Å². The molecule has 0 spiro atoms. The number of halogens is 1. The summed E-state index contributed by atoms with van der Waals surface area (Å²) < 4.78 is 6.70. The third-order valence-electron chi connectivity index (χ3n) is 5.37. The molecule has 5 unspecified atom stereocenters. The van der Waals surface area contributed by atoms with Crippen molar-refractivity contribution in [1.29, 1.82) is 0 Å². The zero-order valence-electron chi connectivity index (χ0n) is 14.4. The Balaban J connectivity index is 1.49. The van der Waals surface area contributed by atoms with Crippen LogP contribution >= 0.6 is 23.7 Å². The maximum absolute atomic E-state index is 12.5. The first-order valence-corrected chi connectivity index (χ1v) is 10.00. The van der Waals surface area contributed by atoms with Crippen LogP contribution in [0, 0.1) is 5.92 Å². The summed E-state index contributed by atoms with van der Waals surface area (Å²) in [7, 11) is 0. The summed E-state index contributed by atoms with van der Waals surface area (Å²) in [6, 6.07) is 0.630. The van der Waals surface area contributed by atoms with Crippen LogP contribution < -0.4 is 14.8 Å². The smallest absolute Gasteiger partial charge is 0.246 e. The average molecular weight is 388 g/mol. The Bertz CT molecular complexity index is 529. The van der Waals surface area contributed by atoms with E-state index in [-0.39, 0.29) is 35.3 Å². The second-order valence-corrected chi connectivity index (χ2v) is 8.17. The number of nitrogens with one attached hydrogen (secondary N) is 3. The highest BCUT2D eigenvalue weighted by Gasteiger charge is 2.45. The van der Waals surface area contributed by atoms with Gasteiger partial charge >= 0.3 is 0 Å². The van der Waals surface area contributed by atoms with Crippen molar-refractivity contribution >= 4 is 35.5 Å². The van der Waals surface area contributed by atoms with Crippen LogP contribution in [0.25, 0.3) is 0 Å². The Kier molecular flexibility index (Phi) is 6.27. The van der Waals surface area contributed by atoms with Crippen molar-refractivity contribution in [3.8, 4) is 0 Å². The SMILES string of the molecule is C=CC(=O)N1CCN(C(=O)CNC2C(C)CC(Cl)C3NSNC23)CC1. The maximum atomic E-state index is 12.5. The number of hydrogen-bond acceptors (Lipinski definition) is 6. The molecule has 2 aliphatic heterocycles. The number of alkyl halides is 1. The molecule has 7 nitrogen and oxygen atoms in total. The van der Waals surface area contributed by atoms with Gasteiger partial charge in [0.2, 0.25) is 11.8 Å². The molecule has 3 aliphatic rings. The zero-order valence-corrected chi connectivity index (χ0v) is 16.0. The van der Waals surface area contributed by atoms with Gasteiger partial charge in [0.05, 0.1) is 24.0 Å². The number of nitrogens with zero attached hydrogens (tertiary/aromatic N) is 2. The summed E-state index contributed by atoms with van der Waals surface area (Å²) in [6.07, 6.45) is 2.25. The van der Waals surface area contributed by atoms with E-state index in [0.29, 0.717) is 38.6 Å². The molecule has 0 radical (unpaired) electrons. The van der Waals surface area contributed by atoms with E-state index < -0.39 is 0 Å². The molecule has 140 valence electrons. The lowest BCUT2D eigenvalue weighted by atomic mass is 9.79. The first-order valence-electron chi connectivity index (χ1n) is 8.74. The lowest BCUT2D eigenvalue weighted by molar-refractivity contribution is -0.136. The van der Waals surface area contributed by atoms with Crippen molar-refractivity contribution in [2.45, 2.75) is 36.8 Å². The van der Waals surface area contributed by atoms with Crippen LogP contribution in [0.3, 0.4) is 0 Å². The number of amides is 2. The minimum atomic E-state index is -0.0692. The molecule has 2 amide bonds. The van der Waals surface area contributed by atoms with Gasteiger partial charge in [0.1, 0.15) is 0 Å². The van der Waals surface area contributed by atoms with Gasteiger partial charge in [0, 0.05) is 44.4 Å². The highest BCUT2D eigenvalue weighted by molar-refractivity contribution is 7.95. The molecular weight excluding hydrogens is 362 g/mol. The molecule has 3 fully saturated rings. The number of carbonyl (C=O) groups excluding carboxylic acids is 2. The van der Waals surface area contributed by atoms with Crippen LogP contribution in [-0.2, 0) is 9.59 Å². The number of carbonyl (C=O) groups is 2. The molecule has 0 aromatic carbocycles. The van der Waals surface area contributed by atoms with E-state index in [0.717, 1.165) is 6.42 Å². The fourth-order valence-corrected chi connectivity index (χ4v) is 5.38. The van der Waals surface area contributed by atoms with Crippen molar-refractivity contribution < 1.29 is 9.59 Å². The monoisotopic (exact) mass is 387 g/mol. The van der Waals surface area contributed by atoms with Gasteiger partial charge in [-0.25, -0.2) is 9.44 Å². The van der Waals surface area contributed by atoms with E-state index in [1.54, 1.807) is 4.90 Å². The minimum absolute atomic E-state index is 0.0692. The van der Waals surface area contributed by atoms with E-state index in [2.05, 4.69) is 28.3 Å². The molecule has 3 N–H and O–H groups in total. The van der Waals surface area contributed by atoms with Crippen molar-refractivity contribution in [2.24, 2.45) is 5.92 Å². The molecule has 2 heterocycles. The molecular formula is C16H26ClN5O2S. The molecule has 0 bridgehead atoms. The Labute approximate surface area is 158 Å². The van der Waals surface area contributed by atoms with Crippen LogP contribution in [0.4, 0.5) is 0 Å². The molecule has 3 rings (SSSR count). The summed E-state index contributed by atoms with van der Waals surface area (Å²) >= 11 is 7.95. The van der Waals surface area contributed by atoms with Crippen LogP contribution in [0.1, 0.15) is 13.3 Å². The van der Waals surface area contributed by atoms with E-state index in [1.807, 2.05) is 4.90 Å². The Hall–Kier alpha value is -0.800. The molecule has 0 aromatic rings. The lowest BCUT2D eigenvalue weighted by Crippen LogP contribution is -2.62. The number of hydrogen-bond donors (Lipinski definition) is 3. The quantitative estimate of drug-likeness (QED) is 0.356. The average Bonchev–Trinajstić information content (AvgIpc) is 3.11. The summed E-state index contributed by atoms with van der Waals surface area (Å²) in [4.78, 5) is 27.7. The van der Waals surface area contributed by atoms with Gasteiger partial charge in [-0.05, 0) is 18.4 Å². The first kappa shape index (κ1) is 19.0. The molecule has 1 aliphatic carbocycles. The second kappa shape index (κ2) is 8.26. The van der Waals surface area contributed by atoms with Crippen molar-refractivity contribution in [1.82, 2.24) is 24.6 Å². The summed E-state index contributed by atoms with van der Waals surface area (Å²) in [5.41, 5.74) is 0. The van der Waals surface area contributed by atoms with Gasteiger partial charge in [0.25, 0.3) is 0 Å². The molecule has 2 saturated heterocycles. The molecule has 9 heteroatoms. The van der Waals surface area contributed by atoms with Gasteiger partial charge in [-0.3, -0.25) is 9.59 Å². The number of rotatable bonds is 4. The predicted octanol–water partition coefficient (Wildman–Crippen LogP) is -0.0582. The largest absolute Gasteiger partial charge is 0.338 e. The topological polar surface area (TPSA) is 76.7 Å². The van der Waals surface area contributed by atoms with Gasteiger partial charge in [-0.1, -0.05) is 13.5 Å². The summed E-state index contributed by atoms with van der Waals surface area (Å²) in [5, 5.41) is 3.55. The van der Waals surface area contributed by atoms with Crippen LogP contribution in [-0.4, -0.2) is 77.8 Å². The molecule has 25 heavy (non-hydrogen) atoms. The van der Waals surface area contributed by atoms with E-state index >= 15 is 0 Å². The van der Waals surface area contributed by atoms with Gasteiger partial charge in [0.15, 0.2) is 0 Å². The zero-order chi connectivity index (χ0) is 18.0. The summed E-state index contributed by atoms with van der Waals surface area (Å²) in [6.45, 7) is 8.28. The third-order valence-corrected chi connectivity index (χ3v) is 6.60. The Morgan fingerprint density at radius 2 is 1.88 bits per heavy atom. The highest BCUT2D eigenvalue weighted by Crippen LogP contribution is 2.33. The number of piperazine rings is 1. The normalized spacial score (nSPS) is 35.4. The molecule has 5 atom stereocenters. The van der Waals surface area contributed by atoms with Crippen LogP contribution in [0.15, 0.2) is 12.7 Å². The van der Waals surface area contributed by atoms with Crippen LogP contribution in [0.2, 0.25) is 0 Å². The fourth-order valence-electron chi connectivity index (χ4n) is 3.86. The standard InChI is InChI=1S/C16H26ClN5O2S/c1-3-12(23)21-4-6-22(7-5-21)13(24)9-18-14-10(2)8-11(17)15-16(14)20-25-19-15/h3,10-11,14-16,18-20H,1,4-9H2,2H3. The lowest BCUT2D eigenvalue weighted by Gasteiger charge is -2.41. The Morgan fingerprint density at radius 1 is 1.24 bits per heavy atom. The van der Waals surface area contributed by atoms with Crippen LogP contribution in [0.5, 0.6) is 0 Å². The third kappa shape index (κ3) is 4.14. The predicted molar refractivity (Wildman–Crippen MR) is 100 cm³/mol. The number of fused-ring (bicyclic) bond motifs is 1. The Morgan fingerprint density at radius 3 is 2.56 bits per heavy atom. The minimum Gasteiger partial charge on any atom is -0.338 e. The second-order valence-electron chi connectivity index (χ2n) is 6.94. The van der Waals surface area contributed by atoms with E-state index in [9.17, 15) is 9.59 Å².